The van der Waals surface area contributed by atoms with Crippen LogP contribution in [-0.4, -0.2) is 84.3 Å². The smallest absolute Gasteiger partial charge is 0.234 e. The molecule has 0 bridgehead atoms. The minimum absolute atomic E-state index is 0.157. The Morgan fingerprint density at radius 2 is 1.27 bits per heavy atom. The fourth-order valence-electron chi connectivity index (χ4n) is 9.08. The molecule has 4 fully saturated rings. The van der Waals surface area contributed by atoms with Gasteiger partial charge in [-0.2, -0.15) is 0 Å². The van der Waals surface area contributed by atoms with Crippen molar-refractivity contribution in [2.75, 3.05) is 38.8 Å². The third-order valence-electron chi connectivity index (χ3n) is 12.7. The first-order valence-electron chi connectivity index (χ1n) is 22.7. The molecule has 2 N–H and O–H groups in total. The van der Waals surface area contributed by atoms with Crippen LogP contribution in [-0.2, 0) is 35.1 Å². The average molecular weight is 932 g/mol. The summed E-state index contributed by atoms with van der Waals surface area (Å²) in [5.41, 5.74) is 7.90. The van der Waals surface area contributed by atoms with Crippen molar-refractivity contribution in [2.45, 2.75) is 88.5 Å². The summed E-state index contributed by atoms with van der Waals surface area (Å²) in [5.74, 6) is -0.746. The molecule has 4 heterocycles. The fraction of sp³-hybridized carbons (Fsp3) is 0.365. The number of amides is 5. The Balaban J connectivity index is 0.000000189. The lowest BCUT2D eigenvalue weighted by Crippen LogP contribution is -2.59. The van der Waals surface area contributed by atoms with E-state index < -0.39 is 11.8 Å². The van der Waals surface area contributed by atoms with Gasteiger partial charge in [0.25, 0.3) is 0 Å². The lowest BCUT2D eigenvalue weighted by molar-refractivity contribution is -0.135. The number of aromatic nitrogens is 2. The van der Waals surface area contributed by atoms with Crippen LogP contribution in [0.25, 0.3) is 22.3 Å². The number of rotatable bonds is 12. The van der Waals surface area contributed by atoms with E-state index in [4.69, 9.17) is 27.9 Å². The molecule has 14 heteroatoms. The fourth-order valence-corrected chi connectivity index (χ4v) is 9.81. The molecule has 0 spiro atoms. The minimum atomic E-state index is -0.436. The summed E-state index contributed by atoms with van der Waals surface area (Å²) in [4.78, 5) is 72.7. The summed E-state index contributed by atoms with van der Waals surface area (Å²) in [6.45, 7) is 6.28. The van der Waals surface area contributed by atoms with Gasteiger partial charge in [0.05, 0.1) is 46.3 Å². The van der Waals surface area contributed by atoms with E-state index in [2.05, 4.69) is 25.5 Å². The second-order valence-corrected chi connectivity index (χ2v) is 18.0. The Morgan fingerprint density at radius 3 is 1.71 bits per heavy atom. The molecule has 1 saturated carbocycles. The number of anilines is 1. The maximum Gasteiger partial charge on any atom is 0.234 e. The molecule has 12 nitrogen and oxygen atoms in total. The van der Waals surface area contributed by atoms with Crippen LogP contribution in [0, 0.1) is 0 Å². The van der Waals surface area contributed by atoms with Gasteiger partial charge in [-0.15, -0.1) is 0 Å². The Morgan fingerprint density at radius 1 is 0.742 bits per heavy atom. The molecular weight excluding hydrogens is 876 g/mol. The molecule has 4 aliphatic rings. The number of piperidine rings is 2. The van der Waals surface area contributed by atoms with Gasteiger partial charge in [-0.1, -0.05) is 110 Å². The van der Waals surface area contributed by atoms with Crippen LogP contribution < -0.4 is 15.5 Å². The highest BCUT2D eigenvalue weighted by Gasteiger charge is 2.43. The van der Waals surface area contributed by atoms with E-state index in [1.807, 2.05) is 130 Å². The molecule has 3 aliphatic heterocycles. The van der Waals surface area contributed by atoms with Crippen molar-refractivity contribution >= 4 is 58.9 Å². The van der Waals surface area contributed by atoms with Crippen LogP contribution in [0.2, 0.25) is 10.0 Å². The summed E-state index contributed by atoms with van der Waals surface area (Å²) in [6, 6.07) is 29.3. The standard InChI is InChI=1S/C25H22ClN3O3.C25H28ClN3O3.C2H6/c26-24-18(2-1-3-19(24)20-8-9-23(30)29-25(20)31)16-6-4-15(5-7-16)12-22-27-11-10-21(28-22)17-13-32-14-17;1-28(2)15-25(13-4-14-25)29(16-30)18-9-7-17(8-10-18)19-5-3-6-20(23(19)26)21-11-12-22(31)27-24(21)32;1-2/h1-7,10-11,17,20H,8-9,12-14H2,(H,29,30,31);3,5-10,16,21H,4,11-15H2,1-2H3,(H,27,31,32);1-2H3. The number of hydrogen-bond donors (Lipinski definition) is 2. The zero-order valence-electron chi connectivity index (χ0n) is 37.8. The van der Waals surface area contributed by atoms with Gasteiger partial charge in [-0.25, -0.2) is 9.97 Å². The number of likely N-dealkylation sites (N-methyl/N-ethyl adjacent to an activating group) is 1. The molecule has 5 amide bonds. The number of nitrogens with one attached hydrogen (secondary N) is 2. The molecule has 66 heavy (non-hydrogen) atoms. The van der Waals surface area contributed by atoms with E-state index in [0.717, 1.165) is 102 Å². The summed E-state index contributed by atoms with van der Waals surface area (Å²) in [7, 11) is 4.06. The van der Waals surface area contributed by atoms with Gasteiger partial charge in [0.15, 0.2) is 0 Å². The Hall–Kier alpha value is -5.79. The Kier molecular flexibility index (Phi) is 15.8. The monoisotopic (exact) mass is 930 g/mol. The summed E-state index contributed by atoms with van der Waals surface area (Å²) >= 11 is 13.5. The van der Waals surface area contributed by atoms with Crippen molar-refractivity contribution in [2.24, 2.45) is 0 Å². The van der Waals surface area contributed by atoms with Crippen molar-refractivity contribution in [3.05, 3.63) is 135 Å². The van der Waals surface area contributed by atoms with Crippen molar-refractivity contribution < 1.29 is 28.7 Å². The zero-order valence-corrected chi connectivity index (χ0v) is 39.3. The first kappa shape index (κ1) is 48.2. The molecule has 4 aromatic carbocycles. The number of hydrogen-bond acceptors (Lipinski definition) is 9. The van der Waals surface area contributed by atoms with E-state index in [9.17, 15) is 24.0 Å². The third kappa shape index (κ3) is 10.7. The van der Waals surface area contributed by atoms with Crippen LogP contribution in [0.15, 0.2) is 97.2 Å². The quantitative estimate of drug-likeness (QED) is 0.0923. The predicted molar refractivity (Wildman–Crippen MR) is 257 cm³/mol. The molecule has 1 aliphatic carbocycles. The molecular formula is C52H56Cl2N6O6. The molecule has 2 atom stereocenters. The van der Waals surface area contributed by atoms with Gasteiger partial charge in [-0.05, 0) is 92.2 Å². The number of halogens is 2. The van der Waals surface area contributed by atoms with Crippen LogP contribution in [0.3, 0.4) is 0 Å². The van der Waals surface area contributed by atoms with Crippen molar-refractivity contribution in [1.82, 2.24) is 25.5 Å². The number of ether oxygens (including phenoxy) is 1. The molecule has 2 unspecified atom stereocenters. The van der Waals surface area contributed by atoms with Gasteiger partial charge < -0.3 is 14.5 Å². The van der Waals surface area contributed by atoms with E-state index in [1.54, 1.807) is 0 Å². The predicted octanol–water partition coefficient (Wildman–Crippen LogP) is 9.02. The van der Waals surface area contributed by atoms with Crippen molar-refractivity contribution in [3.8, 4) is 22.3 Å². The highest BCUT2D eigenvalue weighted by molar-refractivity contribution is 6.35. The second kappa shape index (κ2) is 21.7. The van der Waals surface area contributed by atoms with E-state index >= 15 is 0 Å². The lowest BCUT2D eigenvalue weighted by Gasteiger charge is -2.50. The molecule has 1 aromatic heterocycles. The third-order valence-corrected chi connectivity index (χ3v) is 13.5. The van der Waals surface area contributed by atoms with Crippen LogP contribution in [0.1, 0.15) is 105 Å². The number of nitrogens with zero attached hydrogens (tertiary/aromatic N) is 4. The van der Waals surface area contributed by atoms with Gasteiger partial charge in [0.1, 0.15) is 5.82 Å². The molecule has 5 aromatic rings. The molecule has 0 radical (unpaired) electrons. The SMILES string of the molecule is CC.CN(C)CC1(N(C=O)c2ccc(-c3cccc(C4CCC(=O)NC4=O)c3Cl)cc2)CCC1.O=C1CCC(c2cccc(-c3ccc(Cc4nccc(C5COC5)n4)cc3)c2Cl)C(=O)N1. The first-order chi connectivity index (χ1) is 31.9. The topological polar surface area (TPSA) is 151 Å². The van der Waals surface area contributed by atoms with Crippen LogP contribution in [0.5, 0.6) is 0 Å². The number of carbonyl (C=O) groups excluding carboxylic acids is 5. The largest absolute Gasteiger partial charge is 0.380 e. The van der Waals surface area contributed by atoms with Crippen molar-refractivity contribution in [1.29, 1.82) is 0 Å². The highest BCUT2D eigenvalue weighted by atomic mass is 35.5. The molecule has 9 rings (SSSR count). The molecule has 3 saturated heterocycles. The zero-order chi connectivity index (χ0) is 47.0. The van der Waals surface area contributed by atoms with Gasteiger partial charge in [-0.3, -0.25) is 34.6 Å². The Bertz CT molecular complexity index is 2560. The van der Waals surface area contributed by atoms with Gasteiger partial charge in [0, 0.05) is 54.7 Å². The summed E-state index contributed by atoms with van der Waals surface area (Å²) in [6.07, 6.45) is 8.05. The second-order valence-electron chi connectivity index (χ2n) is 17.3. The van der Waals surface area contributed by atoms with Gasteiger partial charge in [0.2, 0.25) is 30.0 Å². The Labute approximate surface area is 396 Å². The van der Waals surface area contributed by atoms with Gasteiger partial charge >= 0.3 is 0 Å². The number of benzene rings is 4. The number of carbonyl (C=O) groups is 5. The summed E-state index contributed by atoms with van der Waals surface area (Å²) in [5, 5.41) is 5.88. The normalized spacial score (nSPS) is 18.9. The highest BCUT2D eigenvalue weighted by Crippen LogP contribution is 2.42. The van der Waals surface area contributed by atoms with Crippen LogP contribution >= 0.6 is 23.2 Å². The minimum Gasteiger partial charge on any atom is -0.380 e. The maximum absolute atomic E-state index is 12.3. The number of imide groups is 2. The van der Waals surface area contributed by atoms with E-state index in [0.29, 0.717) is 48.1 Å². The summed E-state index contributed by atoms with van der Waals surface area (Å²) < 4.78 is 5.26. The lowest BCUT2D eigenvalue weighted by atomic mass is 9.74. The van der Waals surface area contributed by atoms with Crippen LogP contribution in [0.4, 0.5) is 5.69 Å². The maximum atomic E-state index is 12.3. The first-order valence-corrected chi connectivity index (χ1v) is 23.4. The van der Waals surface area contributed by atoms with E-state index in [-0.39, 0.29) is 29.2 Å². The molecule has 344 valence electrons. The van der Waals surface area contributed by atoms with Crippen molar-refractivity contribution in [3.63, 3.8) is 0 Å². The van der Waals surface area contributed by atoms with E-state index in [1.165, 1.54) is 0 Å². The average Bonchev–Trinajstić information content (AvgIpc) is 3.27.